The third kappa shape index (κ3) is 5.87. The van der Waals surface area contributed by atoms with E-state index >= 15 is 0 Å². The quantitative estimate of drug-likeness (QED) is 0.707. The van der Waals surface area contributed by atoms with Gasteiger partial charge in [-0.05, 0) is 60.2 Å². The van der Waals surface area contributed by atoms with Crippen LogP contribution >= 0.6 is 0 Å². The van der Waals surface area contributed by atoms with Crippen LogP contribution in [0.5, 0.6) is 0 Å². The van der Waals surface area contributed by atoms with Crippen LogP contribution in [0.2, 0.25) is 0 Å². The van der Waals surface area contributed by atoms with Crippen LogP contribution in [-0.4, -0.2) is 61.5 Å². The summed E-state index contributed by atoms with van der Waals surface area (Å²) in [6.07, 6.45) is -4.72. The smallest absolute Gasteiger partial charge is 0.384 e. The third-order valence-electron chi connectivity index (χ3n) is 6.06. The molecular weight excluding hydrogens is 435 g/mol. The summed E-state index contributed by atoms with van der Waals surface area (Å²) in [5.41, 5.74) is 9.43. The molecule has 0 radical (unpaired) electrons. The second-order valence-electron chi connectivity index (χ2n) is 8.62. The average Bonchev–Trinajstić information content (AvgIpc) is 3.22. The molecule has 1 aromatic heterocycles. The number of benzene rings is 1. The molecule has 3 N–H and O–H groups in total. The molecule has 1 unspecified atom stereocenters. The van der Waals surface area contributed by atoms with Crippen LogP contribution in [0.3, 0.4) is 0 Å². The molecule has 1 aromatic carbocycles. The number of likely N-dealkylation sites (tertiary alicyclic amines) is 1. The number of carbonyl (C=O) groups is 1. The number of morpholine rings is 1. The predicted molar refractivity (Wildman–Crippen MR) is 121 cm³/mol. The number of rotatable bonds is 4. The molecule has 33 heavy (non-hydrogen) atoms. The van der Waals surface area contributed by atoms with E-state index < -0.39 is 24.5 Å². The van der Waals surface area contributed by atoms with Crippen LogP contribution in [0.25, 0.3) is 11.1 Å². The Morgan fingerprint density at radius 2 is 1.97 bits per heavy atom. The van der Waals surface area contributed by atoms with Crippen molar-refractivity contribution in [3.63, 3.8) is 0 Å². The fraction of sp³-hybridized carbons (Fsp3) is 0.478. The van der Waals surface area contributed by atoms with Gasteiger partial charge in [-0.25, -0.2) is 9.78 Å². The molecule has 10 heteroatoms. The SMILES string of the molecule is Cc1ccc(NC(=O)N2CCC(CC(F)(F)F)C2)cc1-c1cc(N)nc(N2CCOCC2)c1. The topological polar surface area (TPSA) is 83.7 Å². The lowest BCUT2D eigenvalue weighted by Crippen LogP contribution is -2.36. The molecule has 7 nitrogen and oxygen atoms in total. The van der Waals surface area contributed by atoms with Gasteiger partial charge in [0.15, 0.2) is 0 Å². The molecule has 2 aromatic rings. The van der Waals surface area contributed by atoms with E-state index in [1.165, 1.54) is 4.90 Å². The Hall–Kier alpha value is -3.01. The number of pyridine rings is 1. The average molecular weight is 464 g/mol. The van der Waals surface area contributed by atoms with Crippen molar-refractivity contribution >= 4 is 23.4 Å². The maximum atomic E-state index is 12.7. The number of anilines is 3. The van der Waals surface area contributed by atoms with E-state index in [4.69, 9.17) is 10.5 Å². The number of amides is 2. The Balaban J connectivity index is 1.49. The highest BCUT2D eigenvalue weighted by Crippen LogP contribution is 2.32. The van der Waals surface area contributed by atoms with Gasteiger partial charge < -0.3 is 25.6 Å². The molecule has 2 aliphatic rings. The number of aromatic nitrogens is 1. The predicted octanol–water partition coefficient (Wildman–Crippen LogP) is 4.28. The summed E-state index contributed by atoms with van der Waals surface area (Å²) in [4.78, 5) is 20.7. The zero-order chi connectivity index (χ0) is 23.6. The minimum atomic E-state index is -4.21. The van der Waals surface area contributed by atoms with Gasteiger partial charge in [-0.15, -0.1) is 0 Å². The third-order valence-corrected chi connectivity index (χ3v) is 6.06. The van der Waals surface area contributed by atoms with Crippen molar-refractivity contribution in [1.29, 1.82) is 0 Å². The summed E-state index contributed by atoms with van der Waals surface area (Å²) in [5, 5.41) is 2.83. The lowest BCUT2D eigenvalue weighted by molar-refractivity contribution is -0.143. The summed E-state index contributed by atoms with van der Waals surface area (Å²) in [6, 6.07) is 8.91. The van der Waals surface area contributed by atoms with Crippen molar-refractivity contribution < 1.29 is 22.7 Å². The van der Waals surface area contributed by atoms with E-state index in [9.17, 15) is 18.0 Å². The summed E-state index contributed by atoms with van der Waals surface area (Å²) < 4.78 is 43.4. The Bertz CT molecular complexity index is 1010. The first kappa shape index (κ1) is 23.2. The molecule has 4 rings (SSSR count). The molecule has 2 saturated heterocycles. The van der Waals surface area contributed by atoms with Crippen molar-refractivity contribution in [2.45, 2.75) is 25.9 Å². The summed E-state index contributed by atoms with van der Waals surface area (Å²) >= 11 is 0. The number of nitrogens with one attached hydrogen (secondary N) is 1. The fourth-order valence-electron chi connectivity index (χ4n) is 4.37. The zero-order valence-electron chi connectivity index (χ0n) is 18.5. The minimum Gasteiger partial charge on any atom is -0.384 e. The number of nitrogens with two attached hydrogens (primary N) is 1. The van der Waals surface area contributed by atoms with Crippen LogP contribution in [0, 0.1) is 12.8 Å². The molecule has 3 heterocycles. The van der Waals surface area contributed by atoms with Crippen molar-refractivity contribution in [3.05, 3.63) is 35.9 Å². The zero-order valence-corrected chi connectivity index (χ0v) is 18.5. The van der Waals surface area contributed by atoms with Gasteiger partial charge in [0.25, 0.3) is 0 Å². The highest BCUT2D eigenvalue weighted by Gasteiger charge is 2.36. The van der Waals surface area contributed by atoms with Crippen molar-refractivity contribution in [2.75, 3.05) is 55.3 Å². The number of halogens is 3. The Morgan fingerprint density at radius 1 is 1.21 bits per heavy atom. The number of carbonyl (C=O) groups excluding carboxylic acids is 1. The van der Waals surface area contributed by atoms with Gasteiger partial charge in [0.05, 0.1) is 13.2 Å². The lowest BCUT2D eigenvalue weighted by Gasteiger charge is -2.28. The standard InChI is InChI=1S/C23H28F3N5O2/c1-15-2-3-18(28-22(32)31-5-4-16(14-31)13-23(24,25)26)12-19(15)17-10-20(27)29-21(11-17)30-6-8-33-9-7-30/h2-3,10-12,16H,4-9,13-14H2,1H3,(H2,27,29)(H,28,32). The molecule has 2 aliphatic heterocycles. The maximum absolute atomic E-state index is 12.7. The van der Waals surface area contributed by atoms with Gasteiger partial charge in [-0.3, -0.25) is 0 Å². The fourth-order valence-corrected chi connectivity index (χ4v) is 4.37. The first-order valence-corrected chi connectivity index (χ1v) is 11.0. The molecule has 2 amide bonds. The van der Waals surface area contributed by atoms with Gasteiger partial charge >= 0.3 is 12.2 Å². The Kier molecular flexibility index (Phi) is 6.64. The van der Waals surface area contributed by atoms with Crippen LogP contribution in [0.1, 0.15) is 18.4 Å². The van der Waals surface area contributed by atoms with E-state index in [0.29, 0.717) is 37.7 Å². The molecule has 178 valence electrons. The second-order valence-corrected chi connectivity index (χ2v) is 8.62. The van der Waals surface area contributed by atoms with Crippen molar-refractivity contribution in [1.82, 2.24) is 9.88 Å². The van der Waals surface area contributed by atoms with E-state index in [1.807, 2.05) is 25.1 Å². The van der Waals surface area contributed by atoms with E-state index in [1.54, 1.807) is 12.1 Å². The largest absolute Gasteiger partial charge is 0.389 e. The van der Waals surface area contributed by atoms with Crippen LogP contribution in [0.4, 0.5) is 35.3 Å². The molecule has 1 atom stereocenters. The monoisotopic (exact) mass is 463 g/mol. The summed E-state index contributed by atoms with van der Waals surface area (Å²) in [7, 11) is 0. The number of hydrogen-bond donors (Lipinski definition) is 2. The van der Waals surface area contributed by atoms with Crippen LogP contribution in [-0.2, 0) is 4.74 Å². The van der Waals surface area contributed by atoms with Crippen molar-refractivity contribution in [2.24, 2.45) is 5.92 Å². The summed E-state index contributed by atoms with van der Waals surface area (Å²) in [5.74, 6) is 0.619. The number of nitrogens with zero attached hydrogens (tertiary/aromatic N) is 3. The Labute approximate surface area is 190 Å². The minimum absolute atomic E-state index is 0.105. The highest BCUT2D eigenvalue weighted by molar-refractivity contribution is 5.91. The van der Waals surface area contributed by atoms with Gasteiger partial charge in [0, 0.05) is 38.3 Å². The van der Waals surface area contributed by atoms with Gasteiger partial charge in [0.1, 0.15) is 11.6 Å². The number of urea groups is 1. The maximum Gasteiger partial charge on any atom is 0.389 e. The first-order chi connectivity index (χ1) is 15.7. The molecular formula is C23H28F3N5O2. The number of hydrogen-bond acceptors (Lipinski definition) is 5. The molecule has 0 spiro atoms. The molecule has 0 saturated carbocycles. The van der Waals surface area contributed by atoms with Crippen molar-refractivity contribution in [3.8, 4) is 11.1 Å². The Morgan fingerprint density at radius 3 is 2.70 bits per heavy atom. The molecule has 2 fully saturated rings. The first-order valence-electron chi connectivity index (χ1n) is 11.0. The van der Waals surface area contributed by atoms with Gasteiger partial charge in [-0.1, -0.05) is 6.07 Å². The van der Waals surface area contributed by atoms with Gasteiger partial charge in [0.2, 0.25) is 0 Å². The van der Waals surface area contributed by atoms with E-state index in [0.717, 1.165) is 35.6 Å². The highest BCUT2D eigenvalue weighted by atomic mass is 19.4. The number of nitrogen functional groups attached to an aromatic ring is 1. The number of alkyl halides is 3. The lowest BCUT2D eigenvalue weighted by atomic mass is 10.00. The molecule has 0 aliphatic carbocycles. The van der Waals surface area contributed by atoms with E-state index in [-0.39, 0.29) is 6.54 Å². The summed E-state index contributed by atoms with van der Waals surface area (Å²) in [6.45, 7) is 5.11. The number of ether oxygens (including phenoxy) is 1. The molecule has 0 bridgehead atoms. The normalized spacial score (nSPS) is 19.1. The van der Waals surface area contributed by atoms with Crippen LogP contribution in [0.15, 0.2) is 30.3 Å². The second kappa shape index (κ2) is 9.46. The van der Waals surface area contributed by atoms with Crippen LogP contribution < -0.4 is 16.0 Å². The number of aryl methyl sites for hydroxylation is 1. The van der Waals surface area contributed by atoms with E-state index in [2.05, 4.69) is 15.2 Å². The van der Waals surface area contributed by atoms with Gasteiger partial charge in [-0.2, -0.15) is 13.2 Å².